The van der Waals surface area contributed by atoms with E-state index in [4.69, 9.17) is 14.7 Å². The van der Waals surface area contributed by atoms with Crippen molar-refractivity contribution in [1.82, 2.24) is 19.9 Å². The number of likely N-dealkylation sites (N-methyl/N-ethyl adjacent to an activating group) is 1. The first-order valence-corrected chi connectivity index (χ1v) is 14.3. The molecule has 2 fully saturated rings. The third kappa shape index (κ3) is 4.93. The number of carbonyl (C=O) groups is 1. The molecule has 0 unspecified atom stereocenters. The van der Waals surface area contributed by atoms with E-state index in [1.54, 1.807) is 17.2 Å². The van der Waals surface area contributed by atoms with E-state index in [0.717, 1.165) is 37.3 Å². The van der Waals surface area contributed by atoms with Gasteiger partial charge in [-0.15, -0.1) is 0 Å². The minimum absolute atomic E-state index is 0.0668. The van der Waals surface area contributed by atoms with Crippen LogP contribution in [-0.2, 0) is 16.7 Å². The van der Waals surface area contributed by atoms with Gasteiger partial charge >= 0.3 is 6.09 Å². The predicted molar refractivity (Wildman–Crippen MR) is 159 cm³/mol. The van der Waals surface area contributed by atoms with Crippen molar-refractivity contribution in [3.8, 4) is 0 Å². The maximum absolute atomic E-state index is 12.4. The minimum Gasteiger partial charge on any atom is -0.447 e. The highest BCUT2D eigenvalue weighted by atomic mass is 16.6. The number of pyridine rings is 1. The van der Waals surface area contributed by atoms with E-state index in [-0.39, 0.29) is 18.7 Å². The third-order valence-electron chi connectivity index (χ3n) is 8.80. The number of aromatic nitrogens is 3. The average Bonchev–Trinajstić information content (AvgIpc) is 3.44. The first-order valence-electron chi connectivity index (χ1n) is 14.3. The second kappa shape index (κ2) is 10.8. The molecule has 2 saturated heterocycles. The number of benzene rings is 1. The van der Waals surface area contributed by atoms with E-state index in [1.807, 2.05) is 37.8 Å². The van der Waals surface area contributed by atoms with Crippen molar-refractivity contribution in [2.75, 3.05) is 66.5 Å². The topological polar surface area (TPSA) is 110 Å². The fourth-order valence-electron chi connectivity index (χ4n) is 5.85. The van der Waals surface area contributed by atoms with Gasteiger partial charge in [0.05, 0.1) is 12.6 Å². The van der Waals surface area contributed by atoms with Gasteiger partial charge in [-0.2, -0.15) is 4.98 Å². The number of aliphatic hydroxyl groups is 1. The number of aliphatic hydroxyl groups excluding tert-OH is 1. The zero-order chi connectivity index (χ0) is 28.7. The van der Waals surface area contributed by atoms with E-state index in [9.17, 15) is 9.90 Å². The fraction of sp³-hybridized carbons (Fsp3) is 0.467. The molecule has 3 aromatic rings. The van der Waals surface area contributed by atoms with Crippen LogP contribution in [0, 0.1) is 0 Å². The number of carbonyl (C=O) groups excluding carboxylic acids is 1. The van der Waals surface area contributed by atoms with Gasteiger partial charge in [-0.3, -0.25) is 4.90 Å². The number of anilines is 5. The molecule has 2 N–H and O–H groups in total. The molecule has 11 nitrogen and oxygen atoms in total. The van der Waals surface area contributed by atoms with Gasteiger partial charge in [0.25, 0.3) is 0 Å². The Morgan fingerprint density at radius 1 is 1.02 bits per heavy atom. The van der Waals surface area contributed by atoms with Crippen LogP contribution in [0.4, 0.5) is 33.9 Å². The first-order chi connectivity index (χ1) is 19.8. The zero-order valence-electron chi connectivity index (χ0n) is 24.1. The number of ether oxygens (including phenoxy) is 1. The highest BCUT2D eigenvalue weighted by Gasteiger charge is 2.48. The monoisotopic (exact) mass is 558 g/mol. The van der Waals surface area contributed by atoms with E-state index >= 15 is 0 Å². The van der Waals surface area contributed by atoms with Crippen LogP contribution in [0.25, 0.3) is 0 Å². The number of piperazine rings is 1. The van der Waals surface area contributed by atoms with Gasteiger partial charge in [-0.25, -0.2) is 14.8 Å². The van der Waals surface area contributed by atoms with E-state index in [2.05, 4.69) is 51.4 Å². The number of nitrogens with zero attached hydrogens (tertiary/aromatic N) is 7. The molecule has 0 radical (unpaired) electrons. The molecular formula is C30H38N8O3. The molecule has 0 spiro atoms. The third-order valence-corrected chi connectivity index (χ3v) is 8.80. The molecule has 0 bridgehead atoms. The highest BCUT2D eigenvalue weighted by molar-refractivity contribution is 5.89. The van der Waals surface area contributed by atoms with Crippen molar-refractivity contribution in [2.24, 2.45) is 0 Å². The average molecular weight is 559 g/mol. The van der Waals surface area contributed by atoms with Gasteiger partial charge in [-0.1, -0.05) is 25.1 Å². The smallest absolute Gasteiger partial charge is 0.415 e. The molecule has 6 rings (SSSR count). The van der Waals surface area contributed by atoms with Crippen LogP contribution < -0.4 is 20.0 Å². The molecule has 3 atom stereocenters. The SMILES string of the molecule is C[C@H]1COC(=O)N1c1cccc(N2c3nc(NCc4ccc(N5CCN(C)CC5)cc4)ncc3[C@@](C)(CO)[C@H]2C)n1. The summed E-state index contributed by atoms with van der Waals surface area (Å²) in [4.78, 5) is 35.1. The summed E-state index contributed by atoms with van der Waals surface area (Å²) < 4.78 is 5.21. The van der Waals surface area contributed by atoms with Crippen LogP contribution in [-0.4, -0.2) is 89.6 Å². The van der Waals surface area contributed by atoms with Gasteiger partial charge in [0.1, 0.15) is 24.1 Å². The Balaban J connectivity index is 1.23. The number of fused-ring (bicyclic) bond motifs is 1. The molecule has 3 aliphatic rings. The molecule has 2 aromatic heterocycles. The summed E-state index contributed by atoms with van der Waals surface area (Å²) in [5, 5.41) is 13.8. The van der Waals surface area contributed by atoms with Crippen molar-refractivity contribution in [1.29, 1.82) is 0 Å². The van der Waals surface area contributed by atoms with Crippen LogP contribution >= 0.6 is 0 Å². The first kappa shape index (κ1) is 27.2. The van der Waals surface area contributed by atoms with Gasteiger partial charge in [0.2, 0.25) is 5.95 Å². The Labute approximate surface area is 240 Å². The summed E-state index contributed by atoms with van der Waals surface area (Å²) in [6.07, 6.45) is 1.40. The summed E-state index contributed by atoms with van der Waals surface area (Å²) in [5.74, 6) is 2.36. The number of cyclic esters (lactones) is 1. The number of amides is 1. The largest absolute Gasteiger partial charge is 0.447 e. The van der Waals surface area contributed by atoms with E-state index < -0.39 is 11.5 Å². The summed E-state index contributed by atoms with van der Waals surface area (Å²) in [5.41, 5.74) is 2.65. The van der Waals surface area contributed by atoms with Crippen molar-refractivity contribution >= 4 is 35.2 Å². The van der Waals surface area contributed by atoms with Crippen LogP contribution in [0.3, 0.4) is 0 Å². The highest BCUT2D eigenvalue weighted by Crippen LogP contribution is 2.47. The maximum atomic E-state index is 12.4. The molecule has 0 aliphatic carbocycles. The summed E-state index contributed by atoms with van der Waals surface area (Å²) in [7, 11) is 2.16. The molecule has 11 heteroatoms. The zero-order valence-corrected chi connectivity index (χ0v) is 24.1. The Morgan fingerprint density at radius 3 is 2.39 bits per heavy atom. The molecule has 3 aliphatic heterocycles. The molecule has 1 amide bonds. The van der Waals surface area contributed by atoms with Crippen molar-refractivity contribution in [3.05, 3.63) is 59.8 Å². The Morgan fingerprint density at radius 2 is 1.73 bits per heavy atom. The van der Waals surface area contributed by atoms with Gasteiger partial charge in [0, 0.05) is 61.6 Å². The van der Waals surface area contributed by atoms with Gasteiger partial charge < -0.3 is 29.9 Å². The predicted octanol–water partition coefficient (Wildman–Crippen LogP) is 3.37. The Kier molecular flexibility index (Phi) is 7.16. The maximum Gasteiger partial charge on any atom is 0.415 e. The number of rotatable bonds is 7. The molecule has 216 valence electrons. The molecule has 5 heterocycles. The van der Waals surface area contributed by atoms with Crippen LogP contribution in [0.2, 0.25) is 0 Å². The fourth-order valence-corrected chi connectivity index (χ4v) is 5.85. The lowest BCUT2D eigenvalue weighted by molar-refractivity contribution is 0.179. The minimum atomic E-state index is -0.593. The summed E-state index contributed by atoms with van der Waals surface area (Å²) in [6, 6.07) is 14.0. The molecular weight excluding hydrogens is 520 g/mol. The molecule has 0 saturated carbocycles. The second-order valence-corrected chi connectivity index (χ2v) is 11.5. The summed E-state index contributed by atoms with van der Waals surface area (Å²) in [6.45, 7) is 11.1. The van der Waals surface area contributed by atoms with E-state index in [0.29, 0.717) is 36.6 Å². The number of nitrogens with one attached hydrogen (secondary N) is 1. The standard InChI is InChI=1S/C30H38N8O3/c1-20-18-41-29(40)37(20)25-6-5-7-26(33-25)38-21(2)30(3,19-39)24-17-32-28(34-27(24)38)31-16-22-8-10-23(11-9-22)36-14-12-35(4)13-15-36/h5-11,17,20-21,39H,12-16,18-19H2,1-4H3,(H,31,32,34)/t20-,21+,30-/m0/s1. The van der Waals surface area contributed by atoms with E-state index in [1.165, 1.54) is 5.69 Å². The lowest BCUT2D eigenvalue weighted by Gasteiger charge is -2.34. The van der Waals surface area contributed by atoms with Crippen LogP contribution in [0.1, 0.15) is 31.9 Å². The van der Waals surface area contributed by atoms with Gasteiger partial charge in [0.15, 0.2) is 0 Å². The second-order valence-electron chi connectivity index (χ2n) is 11.5. The number of hydrogen-bond acceptors (Lipinski definition) is 10. The van der Waals surface area contributed by atoms with Crippen molar-refractivity contribution < 1.29 is 14.6 Å². The number of hydrogen-bond donors (Lipinski definition) is 2. The Hall–Kier alpha value is -3.96. The quantitative estimate of drug-likeness (QED) is 0.448. The normalized spacial score (nSPS) is 24.5. The lowest BCUT2D eigenvalue weighted by atomic mass is 9.81. The molecule has 41 heavy (non-hydrogen) atoms. The van der Waals surface area contributed by atoms with Crippen molar-refractivity contribution in [2.45, 2.75) is 44.8 Å². The molecule has 1 aromatic carbocycles. The summed E-state index contributed by atoms with van der Waals surface area (Å²) >= 11 is 0. The van der Waals surface area contributed by atoms with Gasteiger partial charge in [-0.05, 0) is 50.7 Å². The Bertz CT molecular complexity index is 1410. The van der Waals surface area contributed by atoms with Crippen LogP contribution in [0.15, 0.2) is 48.7 Å². The van der Waals surface area contributed by atoms with Crippen LogP contribution in [0.5, 0.6) is 0 Å². The lowest BCUT2D eigenvalue weighted by Crippen LogP contribution is -2.44. The van der Waals surface area contributed by atoms with Crippen molar-refractivity contribution in [3.63, 3.8) is 0 Å².